The van der Waals surface area contributed by atoms with Crippen molar-refractivity contribution in [2.45, 2.75) is 134 Å². The van der Waals surface area contributed by atoms with Crippen LogP contribution in [0.1, 0.15) is 132 Å². The molecule has 361 valence electrons. The molecule has 0 spiro atoms. The van der Waals surface area contributed by atoms with Gasteiger partial charge in [-0.15, -0.1) is 40.5 Å². The number of aromatic nitrogens is 1. The van der Waals surface area contributed by atoms with E-state index in [1.807, 2.05) is 24.4 Å². The van der Waals surface area contributed by atoms with Gasteiger partial charge in [0.15, 0.2) is 5.78 Å². The van der Waals surface area contributed by atoms with Crippen LogP contribution in [0, 0.1) is 53.9 Å². The van der Waals surface area contributed by atoms with Crippen molar-refractivity contribution in [3.63, 3.8) is 0 Å². The van der Waals surface area contributed by atoms with Crippen LogP contribution in [0.15, 0.2) is 90.8 Å². The smallest absolute Gasteiger partial charge is 0.394 e. The van der Waals surface area contributed by atoms with Gasteiger partial charge >= 0.3 is 6.18 Å². The summed E-state index contributed by atoms with van der Waals surface area (Å²) in [5, 5.41) is 13.8. The first-order valence-electron chi connectivity index (χ1n) is 23.7. The van der Waals surface area contributed by atoms with E-state index in [0.717, 1.165) is 43.6 Å². The number of nitrogens with zero attached hydrogens (tertiary/aromatic N) is 1. The van der Waals surface area contributed by atoms with E-state index < -0.39 is 11.6 Å². The van der Waals surface area contributed by atoms with Gasteiger partial charge in [0.1, 0.15) is 0 Å². The van der Waals surface area contributed by atoms with E-state index in [2.05, 4.69) is 158 Å². The van der Waals surface area contributed by atoms with Gasteiger partial charge in [-0.3, -0.25) is 9.78 Å². The third kappa shape index (κ3) is 10.9. The molecule has 4 aromatic carbocycles. The van der Waals surface area contributed by atoms with Gasteiger partial charge in [0, 0.05) is 64.9 Å². The number of aryl methyl sites for hydroxylation is 1. The number of allylic oxidation sites excluding steroid dienone is 2. The van der Waals surface area contributed by atoms with Gasteiger partial charge < -0.3 is 5.11 Å². The molecule has 8 heteroatoms. The van der Waals surface area contributed by atoms with Crippen LogP contribution in [0.5, 0.6) is 0 Å². The summed E-state index contributed by atoms with van der Waals surface area (Å²) in [7, 11) is 0. The summed E-state index contributed by atoms with van der Waals surface area (Å²) in [5.41, 5.74) is 8.65. The summed E-state index contributed by atoms with van der Waals surface area (Å²) < 4.78 is 42.3. The number of aliphatic hydroxyl groups is 1. The second kappa shape index (κ2) is 20.1. The molecular weight excluding hydrogens is 1040 g/mol. The average molecular weight is 1110 g/mol. The third-order valence-electron chi connectivity index (χ3n) is 13.9. The molecule has 67 heavy (non-hydrogen) atoms. The minimum atomic E-state index is -4.27. The Hall–Kier alpha value is -4.10. The number of carbonyl (C=O) groups is 1. The van der Waals surface area contributed by atoms with Gasteiger partial charge in [0.05, 0.1) is 11.2 Å². The zero-order valence-electron chi connectivity index (χ0n) is 42.4. The number of hydrogen-bond donors (Lipinski definition) is 1. The van der Waals surface area contributed by atoms with Crippen molar-refractivity contribution in [2.24, 2.45) is 40.9 Å². The van der Waals surface area contributed by atoms with Crippen molar-refractivity contribution in [2.75, 3.05) is 0 Å². The fourth-order valence-electron chi connectivity index (χ4n) is 10.5. The zero-order chi connectivity index (χ0) is 49.0. The number of thiophene rings is 1. The molecule has 3 nitrogen and oxygen atoms in total. The predicted octanol–water partition coefficient (Wildman–Crippen LogP) is 17.5. The maximum atomic E-state index is 13.7. The van der Waals surface area contributed by atoms with Crippen molar-refractivity contribution >= 4 is 38.0 Å². The molecule has 1 aliphatic rings. The monoisotopic (exact) mass is 1110 g/mol. The number of rotatable bonds is 11. The van der Waals surface area contributed by atoms with E-state index in [1.54, 1.807) is 11.3 Å². The molecule has 0 fully saturated rings. The number of ketones is 1. The van der Waals surface area contributed by atoms with Crippen LogP contribution in [0.4, 0.5) is 13.2 Å². The summed E-state index contributed by atoms with van der Waals surface area (Å²) in [6, 6.07) is 29.0. The minimum absolute atomic E-state index is 0. The number of alkyl halides is 3. The quantitative estimate of drug-likeness (QED) is 0.0799. The minimum Gasteiger partial charge on any atom is -0.512 e. The van der Waals surface area contributed by atoms with E-state index in [9.17, 15) is 23.1 Å². The number of halogens is 3. The Labute approximate surface area is 416 Å². The number of hydrogen-bond acceptors (Lipinski definition) is 4. The summed E-state index contributed by atoms with van der Waals surface area (Å²) in [6.45, 7) is 32.5. The Morgan fingerprint density at radius 1 is 0.776 bits per heavy atom. The molecule has 1 radical (unpaired) electrons. The van der Waals surface area contributed by atoms with Crippen LogP contribution in [-0.4, -0.2) is 22.1 Å². The topological polar surface area (TPSA) is 50.2 Å². The second-order valence-corrected chi connectivity index (χ2v) is 23.3. The van der Waals surface area contributed by atoms with Crippen LogP contribution in [0.2, 0.25) is 0 Å². The molecule has 2 heterocycles. The van der Waals surface area contributed by atoms with Crippen molar-refractivity contribution in [3.05, 3.63) is 125 Å². The Balaban J connectivity index is 0.000000358. The fraction of sp³-hybridized carbons (Fsp3) is 0.458. The third-order valence-corrected chi connectivity index (χ3v) is 15.3. The molecule has 0 saturated carbocycles. The Morgan fingerprint density at radius 3 is 1.91 bits per heavy atom. The standard InChI is InChI=1S/C42H39F3NS.C17H32O2.Ir/c1-24-29-17-18-46-36(28-20-26-11-9-10-12-30(26)33(22-28)39(2,3)4)38(29)47-37(24)27-14-16-32-31-15-13-25(23-40(5,6)42(43,44)45)19-34(31)41(7,8)35(32)21-27;1-10(2)16(11(3)4)14(18)9-15(19)17(12(5)6)13(7)8;/h9-19,21-22H,23H2,1-8H3;9-13,16-18H,1-8H3;/q-1;;/b;14-9-;. The van der Waals surface area contributed by atoms with Gasteiger partial charge in [-0.25, -0.2) is 0 Å². The molecule has 1 aliphatic carbocycles. The van der Waals surface area contributed by atoms with Crippen LogP contribution in [-0.2, 0) is 42.2 Å². The molecule has 0 aliphatic heterocycles. The number of benzene rings is 4. The Bertz CT molecular complexity index is 2770. The zero-order valence-corrected chi connectivity index (χ0v) is 45.6. The fourth-order valence-corrected chi connectivity index (χ4v) is 11.8. The van der Waals surface area contributed by atoms with E-state index >= 15 is 0 Å². The van der Waals surface area contributed by atoms with Gasteiger partial charge in [-0.05, 0) is 98.9 Å². The maximum Gasteiger partial charge on any atom is 0.394 e. The molecular formula is C59H71F3IrNO2S-. The first-order chi connectivity index (χ1) is 30.6. The number of pyridine rings is 1. The summed E-state index contributed by atoms with van der Waals surface area (Å²) in [6.07, 6.45) is -0.931. The van der Waals surface area contributed by atoms with Crippen molar-refractivity contribution in [1.29, 1.82) is 0 Å². The number of fused-ring (bicyclic) bond motifs is 5. The van der Waals surface area contributed by atoms with Crippen molar-refractivity contribution < 1.29 is 43.2 Å². The molecule has 6 aromatic rings. The molecule has 0 amide bonds. The molecule has 0 unspecified atom stereocenters. The van der Waals surface area contributed by atoms with Gasteiger partial charge in [-0.1, -0.05) is 163 Å². The van der Waals surface area contributed by atoms with Crippen molar-refractivity contribution in [1.82, 2.24) is 4.98 Å². The Kier molecular flexibility index (Phi) is 16.1. The SMILES string of the molecule is CC(C)C(C(=O)/C=C(\O)C(C(C)C)C(C)C)C(C)C.Cc1c(-c2ccc3c(c2)C(C)(C)c2cc(CC(C)(C)C(F)(F)F)ccc2-3)sc2c(-c3[c-]c4ccccc4c(C(C)(C)C)c3)nccc12.[Ir]. The molecule has 1 N–H and O–H groups in total. The molecule has 2 aromatic heterocycles. The average Bonchev–Trinajstić information content (AvgIpc) is 3.65. The second-order valence-electron chi connectivity index (χ2n) is 22.3. The van der Waals surface area contributed by atoms with E-state index in [1.165, 1.54) is 52.3 Å². The number of aliphatic hydroxyl groups excluding tert-OH is 1. The van der Waals surface area contributed by atoms with Gasteiger partial charge in [0.2, 0.25) is 0 Å². The summed E-state index contributed by atoms with van der Waals surface area (Å²) >= 11 is 1.77. The normalized spacial score (nSPS) is 14.1. The Morgan fingerprint density at radius 2 is 1.34 bits per heavy atom. The van der Waals surface area contributed by atoms with Crippen LogP contribution in [0.3, 0.4) is 0 Å². The van der Waals surface area contributed by atoms with E-state index in [-0.39, 0.29) is 60.7 Å². The van der Waals surface area contributed by atoms with Crippen LogP contribution < -0.4 is 0 Å². The molecule has 0 saturated heterocycles. The van der Waals surface area contributed by atoms with Gasteiger partial charge in [-0.2, -0.15) is 13.2 Å². The molecule has 0 atom stereocenters. The molecule has 0 bridgehead atoms. The number of carbonyl (C=O) groups excluding carboxylic acids is 1. The van der Waals surface area contributed by atoms with Crippen LogP contribution >= 0.6 is 11.3 Å². The largest absolute Gasteiger partial charge is 0.512 e. The molecule has 7 rings (SSSR count). The van der Waals surface area contributed by atoms with Crippen molar-refractivity contribution in [3.8, 4) is 32.8 Å². The summed E-state index contributed by atoms with van der Waals surface area (Å²) in [5.74, 6) is 1.63. The van der Waals surface area contributed by atoms with E-state index in [0.29, 0.717) is 29.2 Å². The first-order valence-corrected chi connectivity index (χ1v) is 24.5. The predicted molar refractivity (Wildman–Crippen MR) is 273 cm³/mol. The first kappa shape index (κ1) is 53.8. The van der Waals surface area contributed by atoms with E-state index in [4.69, 9.17) is 4.98 Å². The van der Waals surface area contributed by atoms with Crippen LogP contribution in [0.25, 0.3) is 53.7 Å². The summed E-state index contributed by atoms with van der Waals surface area (Å²) in [4.78, 5) is 18.5. The maximum absolute atomic E-state index is 13.7. The van der Waals surface area contributed by atoms with Gasteiger partial charge in [0.25, 0.3) is 0 Å².